The molecule has 2 saturated heterocycles. The van der Waals surface area contributed by atoms with Gasteiger partial charge >= 0.3 is 11.9 Å². The highest BCUT2D eigenvalue weighted by molar-refractivity contribution is 5.83. The summed E-state index contributed by atoms with van der Waals surface area (Å²) in [7, 11) is 1.42. The van der Waals surface area contributed by atoms with E-state index in [9.17, 15) is 14.7 Å². The number of hydrogen-bond acceptors (Lipinski definition) is 8. The Balaban J connectivity index is 1.52. The van der Waals surface area contributed by atoms with Crippen LogP contribution in [0.25, 0.3) is 5.57 Å². The highest BCUT2D eigenvalue weighted by Crippen LogP contribution is 2.75. The van der Waals surface area contributed by atoms with Gasteiger partial charge in [0.2, 0.25) is 0 Å². The maximum Gasteiger partial charge on any atom is 0.330 e. The maximum absolute atomic E-state index is 13.2. The first-order valence-electron chi connectivity index (χ1n) is 14.4. The number of methoxy groups -OCH3 is 1. The molecule has 5 aliphatic rings. The van der Waals surface area contributed by atoms with E-state index in [-0.39, 0.29) is 48.8 Å². The van der Waals surface area contributed by atoms with Gasteiger partial charge in [0.25, 0.3) is 0 Å². The third-order valence-corrected chi connectivity index (χ3v) is 11.6. The van der Waals surface area contributed by atoms with Crippen LogP contribution in [0.3, 0.4) is 0 Å². The molecule has 0 radical (unpaired) electrons. The lowest BCUT2D eigenvalue weighted by Crippen LogP contribution is -2.71. The monoisotopic (exact) mass is 554 g/mol. The van der Waals surface area contributed by atoms with Crippen LogP contribution >= 0.6 is 0 Å². The molecule has 3 aliphatic carbocycles. The van der Waals surface area contributed by atoms with E-state index in [0.29, 0.717) is 6.61 Å². The predicted molar refractivity (Wildman–Crippen MR) is 146 cm³/mol. The van der Waals surface area contributed by atoms with Crippen molar-refractivity contribution in [1.82, 2.24) is 0 Å². The fourth-order valence-corrected chi connectivity index (χ4v) is 9.90. The van der Waals surface area contributed by atoms with E-state index in [1.807, 2.05) is 19.9 Å². The van der Waals surface area contributed by atoms with Gasteiger partial charge in [-0.05, 0) is 44.7 Å². The Bertz CT molecular complexity index is 1260. The predicted octanol–water partition coefficient (Wildman–Crippen LogP) is 4.71. The molecule has 2 saturated carbocycles. The summed E-state index contributed by atoms with van der Waals surface area (Å²) in [5, 5.41) is 11.5. The van der Waals surface area contributed by atoms with Crippen molar-refractivity contribution in [2.24, 2.45) is 34.0 Å². The minimum atomic E-state index is -0.735. The summed E-state index contributed by atoms with van der Waals surface area (Å²) in [6, 6.07) is 1.96. The molecular formula is C32H42O8. The maximum atomic E-state index is 13.2. The summed E-state index contributed by atoms with van der Waals surface area (Å²) in [5.41, 5.74) is 0.489. The number of furan rings is 1. The van der Waals surface area contributed by atoms with Gasteiger partial charge in [-0.1, -0.05) is 32.4 Å². The van der Waals surface area contributed by atoms with Gasteiger partial charge in [-0.25, -0.2) is 4.79 Å². The van der Waals surface area contributed by atoms with Gasteiger partial charge in [0.05, 0.1) is 50.2 Å². The molecule has 40 heavy (non-hydrogen) atoms. The molecule has 2 aliphatic heterocycles. The van der Waals surface area contributed by atoms with Crippen LogP contribution < -0.4 is 0 Å². The summed E-state index contributed by atoms with van der Waals surface area (Å²) in [5.74, 6) is -1.16. The number of aliphatic hydroxyl groups is 1. The third kappa shape index (κ3) is 3.48. The Morgan fingerprint density at radius 2 is 1.93 bits per heavy atom. The van der Waals surface area contributed by atoms with E-state index in [4.69, 9.17) is 23.4 Å². The quantitative estimate of drug-likeness (QED) is 0.412. The molecule has 2 unspecified atom stereocenters. The van der Waals surface area contributed by atoms with Crippen LogP contribution in [0.1, 0.15) is 66.4 Å². The number of carbonyl (C=O) groups is 2. The molecule has 0 amide bonds. The normalized spacial score (nSPS) is 46.6. The molecule has 1 aromatic heterocycles. The van der Waals surface area contributed by atoms with Crippen molar-refractivity contribution in [3.8, 4) is 0 Å². The Morgan fingerprint density at radius 3 is 2.58 bits per heavy atom. The van der Waals surface area contributed by atoms with Crippen LogP contribution in [0.5, 0.6) is 0 Å². The van der Waals surface area contributed by atoms with Gasteiger partial charge in [-0.15, -0.1) is 0 Å². The van der Waals surface area contributed by atoms with E-state index in [0.717, 1.165) is 23.1 Å². The van der Waals surface area contributed by atoms with Crippen LogP contribution in [0.2, 0.25) is 0 Å². The van der Waals surface area contributed by atoms with E-state index in [2.05, 4.69) is 33.8 Å². The molecule has 218 valence electrons. The Labute approximate surface area is 236 Å². The third-order valence-electron chi connectivity index (χ3n) is 11.6. The number of allylic oxidation sites excluding steroid dienone is 2. The highest BCUT2D eigenvalue weighted by atomic mass is 16.6. The molecule has 3 heterocycles. The molecule has 0 bridgehead atoms. The second-order valence-corrected chi connectivity index (χ2v) is 13.8. The summed E-state index contributed by atoms with van der Waals surface area (Å²) in [6.07, 6.45) is 6.34. The van der Waals surface area contributed by atoms with Crippen LogP contribution in [-0.4, -0.2) is 60.8 Å². The molecule has 0 aromatic carbocycles. The van der Waals surface area contributed by atoms with Gasteiger partial charge in [-0.2, -0.15) is 0 Å². The van der Waals surface area contributed by atoms with Crippen molar-refractivity contribution >= 4 is 17.5 Å². The standard InChI is InChI=1S/C32H42O8/c1-17(2)12-25(35)39-23-14-22(33)29(3)16-38-26-27(29)31(23,5)21(13-24(34)36-7)30(4)20-9-8-19(18-10-11-37-15-18)32(20,6)40-28(26)30/h8,10-12,15,20-23,26-28,33H,9,13-14,16H2,1-7H3/t20?,21-,22+,23-,26+,27?,28+,29+,30-,31-,32+/m0/s1. The van der Waals surface area contributed by atoms with Crippen LogP contribution in [0.4, 0.5) is 0 Å². The second kappa shape index (κ2) is 9.04. The number of fused-ring (bicyclic) bond motifs is 4. The fraction of sp³-hybridized carbons (Fsp3) is 0.688. The average molecular weight is 555 g/mol. The fourth-order valence-electron chi connectivity index (χ4n) is 9.90. The van der Waals surface area contributed by atoms with Gasteiger partial charge < -0.3 is 28.5 Å². The second-order valence-electron chi connectivity index (χ2n) is 13.8. The molecule has 6 rings (SSSR count). The Morgan fingerprint density at radius 1 is 1.18 bits per heavy atom. The van der Waals surface area contributed by atoms with Crippen molar-refractivity contribution in [2.75, 3.05) is 13.7 Å². The summed E-state index contributed by atoms with van der Waals surface area (Å²) in [6.45, 7) is 12.7. The minimum absolute atomic E-state index is 0.0405. The van der Waals surface area contributed by atoms with Crippen molar-refractivity contribution in [3.05, 3.63) is 41.9 Å². The van der Waals surface area contributed by atoms with E-state index in [1.54, 1.807) is 12.5 Å². The topological polar surface area (TPSA) is 104 Å². The number of esters is 2. The first-order chi connectivity index (χ1) is 18.8. The molecule has 1 aromatic rings. The van der Waals surface area contributed by atoms with E-state index < -0.39 is 40.0 Å². The SMILES string of the molecule is COC(=O)C[C@@H]1[C@]2(C)C3[C@@H](OC[C@]3(C)[C@H](O)C[C@@H]2OC(=O)C=C(C)C)[C@H]2O[C@]3(C)C(c4ccoc4)=CCC3[C@@]12C. The van der Waals surface area contributed by atoms with Gasteiger partial charge in [0.1, 0.15) is 6.10 Å². The first kappa shape index (κ1) is 27.7. The Hall–Kier alpha value is -2.42. The minimum Gasteiger partial charge on any atom is -0.472 e. The smallest absolute Gasteiger partial charge is 0.330 e. The molecular weight excluding hydrogens is 512 g/mol. The van der Waals surface area contributed by atoms with E-state index >= 15 is 0 Å². The van der Waals surface area contributed by atoms with Crippen molar-refractivity contribution in [1.29, 1.82) is 0 Å². The van der Waals surface area contributed by atoms with Crippen LogP contribution in [0.15, 0.2) is 40.7 Å². The van der Waals surface area contributed by atoms with Gasteiger partial charge in [-0.3, -0.25) is 4.79 Å². The molecule has 1 N–H and O–H groups in total. The first-order valence-corrected chi connectivity index (χ1v) is 14.4. The summed E-state index contributed by atoms with van der Waals surface area (Å²) >= 11 is 0. The van der Waals surface area contributed by atoms with Crippen molar-refractivity contribution in [3.63, 3.8) is 0 Å². The molecule has 0 spiro atoms. The van der Waals surface area contributed by atoms with Gasteiger partial charge in [0, 0.05) is 52.6 Å². The molecule has 11 atom stereocenters. The molecule has 8 nitrogen and oxygen atoms in total. The summed E-state index contributed by atoms with van der Waals surface area (Å²) < 4.78 is 30.7. The lowest BCUT2D eigenvalue weighted by atomic mass is 9.39. The lowest BCUT2D eigenvalue weighted by Gasteiger charge is -2.65. The highest BCUT2D eigenvalue weighted by Gasteiger charge is 2.80. The lowest BCUT2D eigenvalue weighted by molar-refractivity contribution is -0.254. The average Bonchev–Trinajstić information content (AvgIpc) is 3.64. The number of rotatable bonds is 5. The number of carbonyl (C=O) groups excluding carboxylic acids is 2. The number of aliphatic hydroxyl groups excluding tert-OH is 1. The van der Waals surface area contributed by atoms with Crippen LogP contribution in [-0.2, 0) is 28.5 Å². The Kier molecular flexibility index (Phi) is 6.27. The van der Waals surface area contributed by atoms with Crippen molar-refractivity contribution in [2.45, 2.75) is 90.8 Å². The molecule has 8 heteroatoms. The van der Waals surface area contributed by atoms with Crippen molar-refractivity contribution < 1.29 is 38.1 Å². The largest absolute Gasteiger partial charge is 0.472 e. The van der Waals surface area contributed by atoms with Gasteiger partial charge in [0.15, 0.2) is 0 Å². The zero-order valence-electron chi connectivity index (χ0n) is 24.6. The molecule has 4 fully saturated rings. The number of hydrogen-bond donors (Lipinski definition) is 1. The van der Waals surface area contributed by atoms with Crippen LogP contribution in [0, 0.1) is 34.0 Å². The summed E-state index contributed by atoms with van der Waals surface area (Å²) in [4.78, 5) is 26.2. The number of ether oxygens (including phenoxy) is 4. The van der Waals surface area contributed by atoms with E-state index in [1.165, 1.54) is 13.2 Å². The zero-order valence-corrected chi connectivity index (χ0v) is 24.6. The zero-order chi connectivity index (χ0) is 28.8.